The molecule has 0 spiro atoms. The van der Waals surface area contributed by atoms with Gasteiger partial charge in [0, 0.05) is 6.08 Å². The number of unbranched alkanes of at least 4 members (excludes halogenated alkanes) is 9. The molecule has 140 valence electrons. The summed E-state index contributed by atoms with van der Waals surface area (Å²) in [5.41, 5.74) is 0. The Hall–Kier alpha value is -1.62. The number of carbonyl (C=O) groups excluding carboxylic acids is 2. The van der Waals surface area contributed by atoms with E-state index in [1.165, 1.54) is 63.9 Å². The van der Waals surface area contributed by atoms with E-state index in [0.29, 0.717) is 6.61 Å². The van der Waals surface area contributed by atoms with Gasteiger partial charge in [-0.1, -0.05) is 77.9 Å². The highest BCUT2D eigenvalue weighted by Gasteiger charge is 1.95. The second kappa shape index (κ2) is 21.4. The van der Waals surface area contributed by atoms with Gasteiger partial charge >= 0.3 is 5.97 Å². The normalized spacial score (nSPS) is 9.42. The second-order valence-corrected chi connectivity index (χ2v) is 5.46. The maximum Gasteiger partial charge on any atom is 0.330 e. The Morgan fingerprint density at radius 3 is 1.79 bits per heavy atom. The van der Waals surface area contributed by atoms with E-state index in [4.69, 9.17) is 9.84 Å². The number of ether oxygens (including phenoxy) is 1. The van der Waals surface area contributed by atoms with Crippen LogP contribution in [0.25, 0.3) is 0 Å². The van der Waals surface area contributed by atoms with Gasteiger partial charge in [-0.15, -0.1) is 0 Å². The van der Waals surface area contributed by atoms with Crippen LogP contribution >= 0.6 is 0 Å². The molecule has 0 fully saturated rings. The lowest BCUT2D eigenvalue weighted by Crippen LogP contribution is -2.20. The molecule has 0 aliphatic heterocycles. The smallest absolute Gasteiger partial charge is 0.330 e. The third-order valence-corrected chi connectivity index (χ3v) is 3.35. The predicted molar refractivity (Wildman–Crippen MR) is 98.4 cm³/mol. The largest absolute Gasteiger partial charge is 0.463 e. The van der Waals surface area contributed by atoms with Crippen molar-refractivity contribution < 1.29 is 19.4 Å². The van der Waals surface area contributed by atoms with Gasteiger partial charge in [0.15, 0.2) is 0 Å². The Morgan fingerprint density at radius 2 is 1.42 bits per heavy atom. The van der Waals surface area contributed by atoms with Gasteiger partial charge in [0.1, 0.15) is 6.73 Å². The average molecular weight is 341 g/mol. The summed E-state index contributed by atoms with van der Waals surface area (Å²) in [5, 5.41) is 10.1. The summed E-state index contributed by atoms with van der Waals surface area (Å²) in [5.74, 6) is -0.663. The zero-order valence-electron chi connectivity index (χ0n) is 15.2. The Balaban J connectivity index is 0. The fourth-order valence-corrected chi connectivity index (χ4v) is 1.97. The predicted octanol–water partition coefficient (Wildman–Crippen LogP) is 3.87. The first-order valence-electron chi connectivity index (χ1n) is 8.92. The van der Waals surface area contributed by atoms with E-state index < -0.39 is 0 Å². The summed E-state index contributed by atoms with van der Waals surface area (Å²) >= 11 is 0. The molecule has 24 heavy (non-hydrogen) atoms. The summed E-state index contributed by atoms with van der Waals surface area (Å²) in [7, 11) is 0. The standard InChI is InChI=1S/C15H28O2.C4H7NO2/c1-3-5-6-7-8-9-10-11-12-13-14-17-15(16)4-2;1-2-4(7)5-3-6/h4H,2-3,5-14H2,1H3;2,6H,1,3H2,(H,5,7). The molecule has 0 aromatic carbocycles. The fraction of sp³-hybridized carbons (Fsp3) is 0.684. The minimum atomic E-state index is -0.359. The second-order valence-electron chi connectivity index (χ2n) is 5.46. The number of carbonyl (C=O) groups is 2. The van der Waals surface area contributed by atoms with Crippen molar-refractivity contribution in [1.82, 2.24) is 5.32 Å². The van der Waals surface area contributed by atoms with Gasteiger partial charge in [-0.25, -0.2) is 4.79 Å². The molecule has 0 radical (unpaired) electrons. The zero-order valence-corrected chi connectivity index (χ0v) is 15.2. The number of hydrogen-bond acceptors (Lipinski definition) is 4. The number of aliphatic hydroxyl groups excluding tert-OH is 1. The highest BCUT2D eigenvalue weighted by Crippen LogP contribution is 2.10. The minimum Gasteiger partial charge on any atom is -0.463 e. The summed E-state index contributed by atoms with van der Waals surface area (Å²) in [6.45, 7) is 8.98. The molecule has 0 unspecified atom stereocenters. The van der Waals surface area contributed by atoms with Crippen molar-refractivity contribution in [1.29, 1.82) is 0 Å². The molecule has 0 saturated heterocycles. The molecule has 5 nitrogen and oxygen atoms in total. The third-order valence-electron chi connectivity index (χ3n) is 3.35. The average Bonchev–Trinajstić information content (AvgIpc) is 2.60. The molecular formula is C19H35NO4. The van der Waals surface area contributed by atoms with E-state index in [0.717, 1.165) is 12.5 Å². The number of rotatable bonds is 14. The number of nitrogens with one attached hydrogen (secondary N) is 1. The highest BCUT2D eigenvalue weighted by molar-refractivity contribution is 5.86. The van der Waals surface area contributed by atoms with Crippen LogP contribution in [0.2, 0.25) is 0 Å². The van der Waals surface area contributed by atoms with Gasteiger partial charge in [-0.3, -0.25) is 4.79 Å². The van der Waals surface area contributed by atoms with Crippen LogP contribution in [0.15, 0.2) is 25.3 Å². The van der Waals surface area contributed by atoms with Crippen LogP contribution in [0, 0.1) is 0 Å². The van der Waals surface area contributed by atoms with Crippen molar-refractivity contribution >= 4 is 11.9 Å². The Labute approximate surface area is 147 Å². The zero-order chi connectivity index (χ0) is 18.5. The van der Waals surface area contributed by atoms with Crippen molar-refractivity contribution in [3.05, 3.63) is 25.3 Å². The van der Waals surface area contributed by atoms with Crippen molar-refractivity contribution in [2.45, 2.75) is 71.1 Å². The van der Waals surface area contributed by atoms with E-state index >= 15 is 0 Å². The van der Waals surface area contributed by atoms with Gasteiger partial charge in [0.2, 0.25) is 5.91 Å². The topological polar surface area (TPSA) is 75.6 Å². The van der Waals surface area contributed by atoms with Crippen LogP contribution in [0.5, 0.6) is 0 Å². The summed E-state index contributed by atoms with van der Waals surface area (Å²) in [6, 6.07) is 0. The summed E-state index contributed by atoms with van der Waals surface area (Å²) < 4.78 is 4.91. The van der Waals surface area contributed by atoms with Crippen LogP contribution in [0.4, 0.5) is 0 Å². The van der Waals surface area contributed by atoms with E-state index in [-0.39, 0.29) is 18.6 Å². The Morgan fingerprint density at radius 1 is 0.917 bits per heavy atom. The Bertz CT molecular complexity index is 329. The van der Waals surface area contributed by atoms with Crippen LogP contribution < -0.4 is 5.32 Å². The van der Waals surface area contributed by atoms with Crippen molar-refractivity contribution in [3.8, 4) is 0 Å². The lowest BCUT2D eigenvalue weighted by molar-refractivity contribution is -0.137. The molecule has 2 N–H and O–H groups in total. The van der Waals surface area contributed by atoms with Crippen molar-refractivity contribution in [3.63, 3.8) is 0 Å². The molecule has 0 aromatic heterocycles. The molecule has 0 saturated carbocycles. The first-order valence-corrected chi connectivity index (χ1v) is 8.92. The fourth-order valence-electron chi connectivity index (χ4n) is 1.97. The van der Waals surface area contributed by atoms with Crippen LogP contribution in [-0.4, -0.2) is 30.3 Å². The molecule has 0 atom stereocenters. The lowest BCUT2D eigenvalue weighted by atomic mass is 10.1. The van der Waals surface area contributed by atoms with Gasteiger partial charge in [0.25, 0.3) is 0 Å². The molecule has 0 rings (SSSR count). The van der Waals surface area contributed by atoms with Gasteiger partial charge in [-0.2, -0.15) is 0 Å². The van der Waals surface area contributed by atoms with E-state index in [1.54, 1.807) is 0 Å². The summed E-state index contributed by atoms with van der Waals surface area (Å²) in [4.78, 5) is 20.8. The molecule has 0 heterocycles. The van der Waals surface area contributed by atoms with Gasteiger partial charge < -0.3 is 15.2 Å². The molecule has 0 aromatic rings. The minimum absolute atomic E-state index is 0.305. The molecule has 0 bridgehead atoms. The van der Waals surface area contributed by atoms with Crippen molar-refractivity contribution in [2.24, 2.45) is 0 Å². The molecule has 5 heteroatoms. The van der Waals surface area contributed by atoms with Crippen LogP contribution in [-0.2, 0) is 14.3 Å². The van der Waals surface area contributed by atoms with Gasteiger partial charge in [0.05, 0.1) is 6.61 Å². The molecule has 0 aliphatic carbocycles. The monoisotopic (exact) mass is 341 g/mol. The van der Waals surface area contributed by atoms with E-state index in [9.17, 15) is 9.59 Å². The SMILES string of the molecule is C=CC(=O)NCO.C=CC(=O)OCCCCCCCCCCCC. The first kappa shape index (κ1) is 24.6. The molecule has 1 amide bonds. The number of hydrogen-bond donors (Lipinski definition) is 2. The van der Waals surface area contributed by atoms with Crippen LogP contribution in [0.1, 0.15) is 71.1 Å². The quantitative estimate of drug-likeness (QED) is 0.218. The first-order chi connectivity index (χ1) is 11.6. The highest BCUT2D eigenvalue weighted by atomic mass is 16.5. The Kier molecular flexibility index (Phi) is 21.9. The maximum atomic E-state index is 10.7. The number of esters is 1. The van der Waals surface area contributed by atoms with E-state index in [1.807, 2.05) is 0 Å². The molecule has 0 aliphatic rings. The number of amides is 1. The van der Waals surface area contributed by atoms with E-state index in [2.05, 4.69) is 25.4 Å². The van der Waals surface area contributed by atoms with Crippen LogP contribution in [0.3, 0.4) is 0 Å². The molecular weight excluding hydrogens is 306 g/mol. The number of aliphatic hydroxyl groups is 1. The lowest BCUT2D eigenvalue weighted by Gasteiger charge is -2.03. The third kappa shape index (κ3) is 22.7. The summed E-state index contributed by atoms with van der Waals surface area (Å²) in [6.07, 6.45) is 15.3. The van der Waals surface area contributed by atoms with Crippen molar-refractivity contribution in [2.75, 3.05) is 13.3 Å². The van der Waals surface area contributed by atoms with Gasteiger partial charge in [-0.05, 0) is 12.5 Å². The maximum absolute atomic E-state index is 10.7.